The molecule has 0 atom stereocenters. The molecular weight excluding hydrogens is 374 g/mol. The summed E-state index contributed by atoms with van der Waals surface area (Å²) in [5.74, 6) is 0.656. The van der Waals surface area contributed by atoms with Crippen molar-refractivity contribution in [1.29, 1.82) is 0 Å². The number of nitrogens with zero attached hydrogens (tertiary/aromatic N) is 1. The average molecular weight is 396 g/mol. The Hall–Kier alpha value is -3.05. The van der Waals surface area contributed by atoms with E-state index in [0.717, 1.165) is 22.7 Å². The van der Waals surface area contributed by atoms with E-state index in [4.69, 9.17) is 16.3 Å². The fourth-order valence-corrected chi connectivity index (χ4v) is 2.93. The van der Waals surface area contributed by atoms with Gasteiger partial charge in [-0.3, -0.25) is 9.78 Å². The van der Waals surface area contributed by atoms with Gasteiger partial charge in [0.1, 0.15) is 5.75 Å². The van der Waals surface area contributed by atoms with Crippen molar-refractivity contribution in [3.05, 3.63) is 83.1 Å². The van der Waals surface area contributed by atoms with Crippen molar-refractivity contribution >= 4 is 28.9 Å². The summed E-state index contributed by atoms with van der Waals surface area (Å²) < 4.78 is 5.44. The number of hydrogen-bond acceptors (Lipinski definition) is 4. The molecule has 0 aliphatic heterocycles. The van der Waals surface area contributed by atoms with Crippen molar-refractivity contribution in [2.45, 2.75) is 13.3 Å². The fraction of sp³-hybridized carbons (Fsp3) is 0.182. The Morgan fingerprint density at radius 2 is 1.89 bits per heavy atom. The first kappa shape index (κ1) is 19.7. The van der Waals surface area contributed by atoms with Crippen LogP contribution in [0.3, 0.4) is 0 Å². The van der Waals surface area contributed by atoms with Crippen molar-refractivity contribution in [3.8, 4) is 5.75 Å². The van der Waals surface area contributed by atoms with Crippen LogP contribution in [-0.4, -0.2) is 24.0 Å². The van der Waals surface area contributed by atoms with E-state index in [-0.39, 0.29) is 5.91 Å². The minimum atomic E-state index is -0.162. The summed E-state index contributed by atoms with van der Waals surface area (Å²) in [6, 6.07) is 17.0. The molecule has 5 nitrogen and oxygen atoms in total. The van der Waals surface area contributed by atoms with Gasteiger partial charge in [0.25, 0.3) is 5.91 Å². The number of aromatic nitrogens is 1. The Morgan fingerprint density at radius 1 is 1.07 bits per heavy atom. The zero-order valence-corrected chi connectivity index (χ0v) is 16.4. The molecule has 3 aromatic rings. The topological polar surface area (TPSA) is 63.2 Å². The van der Waals surface area contributed by atoms with E-state index in [1.807, 2.05) is 55.5 Å². The molecular formula is C22H22ClN3O2. The third-order valence-electron chi connectivity index (χ3n) is 4.04. The van der Waals surface area contributed by atoms with E-state index in [1.165, 1.54) is 0 Å². The number of pyridine rings is 1. The van der Waals surface area contributed by atoms with Gasteiger partial charge in [-0.2, -0.15) is 0 Å². The molecule has 0 saturated heterocycles. The lowest BCUT2D eigenvalue weighted by Crippen LogP contribution is -2.25. The number of rotatable bonds is 8. The van der Waals surface area contributed by atoms with Gasteiger partial charge in [-0.25, -0.2) is 0 Å². The summed E-state index contributed by atoms with van der Waals surface area (Å²) in [6.07, 6.45) is 3.95. The fourth-order valence-electron chi connectivity index (χ4n) is 2.72. The molecule has 0 bridgehead atoms. The average Bonchev–Trinajstić information content (AvgIpc) is 2.70. The SMILES string of the molecule is CCOc1ccc(Nc2cncc(C(=O)NCCc3cccc(Cl)c3)c2)cc1. The number of halogens is 1. The van der Waals surface area contributed by atoms with E-state index in [9.17, 15) is 4.79 Å². The molecule has 0 unspecified atom stereocenters. The number of benzene rings is 2. The Labute approximate surface area is 169 Å². The number of carbonyl (C=O) groups excluding carboxylic acids is 1. The second kappa shape index (κ2) is 9.76. The predicted octanol–water partition coefficient (Wildman–Crippen LogP) is 4.85. The van der Waals surface area contributed by atoms with Crippen molar-refractivity contribution in [2.24, 2.45) is 0 Å². The molecule has 28 heavy (non-hydrogen) atoms. The predicted molar refractivity (Wildman–Crippen MR) is 113 cm³/mol. The first-order valence-electron chi connectivity index (χ1n) is 9.11. The Morgan fingerprint density at radius 3 is 2.64 bits per heavy atom. The molecule has 2 aromatic carbocycles. The highest BCUT2D eigenvalue weighted by atomic mass is 35.5. The smallest absolute Gasteiger partial charge is 0.252 e. The number of amides is 1. The van der Waals surface area contributed by atoms with Crippen molar-refractivity contribution < 1.29 is 9.53 Å². The molecule has 0 aliphatic rings. The summed E-state index contributed by atoms with van der Waals surface area (Å²) >= 11 is 5.98. The van der Waals surface area contributed by atoms with E-state index in [1.54, 1.807) is 18.5 Å². The van der Waals surface area contributed by atoms with E-state index >= 15 is 0 Å². The van der Waals surface area contributed by atoms with E-state index in [2.05, 4.69) is 15.6 Å². The molecule has 6 heteroatoms. The Bertz CT molecular complexity index is 929. The lowest BCUT2D eigenvalue weighted by molar-refractivity contribution is 0.0954. The zero-order valence-electron chi connectivity index (χ0n) is 15.6. The Balaban J connectivity index is 1.56. The van der Waals surface area contributed by atoms with Crippen LogP contribution in [0.25, 0.3) is 0 Å². The maximum atomic E-state index is 12.4. The minimum Gasteiger partial charge on any atom is -0.494 e. The van der Waals surface area contributed by atoms with Gasteiger partial charge in [0.2, 0.25) is 0 Å². The highest BCUT2D eigenvalue weighted by Gasteiger charge is 2.07. The molecule has 0 fully saturated rings. The summed E-state index contributed by atoms with van der Waals surface area (Å²) in [7, 11) is 0. The van der Waals surface area contributed by atoms with Gasteiger partial charge >= 0.3 is 0 Å². The van der Waals surface area contributed by atoms with Gasteiger partial charge in [-0.1, -0.05) is 23.7 Å². The van der Waals surface area contributed by atoms with Crippen molar-refractivity contribution in [2.75, 3.05) is 18.5 Å². The van der Waals surface area contributed by atoms with Crippen molar-refractivity contribution in [1.82, 2.24) is 10.3 Å². The van der Waals surface area contributed by atoms with Gasteiger partial charge in [-0.15, -0.1) is 0 Å². The first-order valence-corrected chi connectivity index (χ1v) is 9.49. The standard InChI is InChI=1S/C22H22ClN3O2/c1-2-28-21-8-6-19(7-9-21)26-20-13-17(14-24-15-20)22(27)25-11-10-16-4-3-5-18(23)12-16/h3-9,12-15,26H,2,10-11H2,1H3,(H,25,27). The molecule has 2 N–H and O–H groups in total. The quantitative estimate of drug-likeness (QED) is 0.572. The second-order valence-electron chi connectivity index (χ2n) is 6.18. The van der Waals surface area contributed by atoms with E-state index < -0.39 is 0 Å². The van der Waals surface area contributed by atoms with Crippen LogP contribution >= 0.6 is 11.6 Å². The van der Waals surface area contributed by atoms with Crippen LogP contribution in [0.2, 0.25) is 5.02 Å². The van der Waals surface area contributed by atoms with Gasteiger partial charge in [0, 0.05) is 23.5 Å². The van der Waals surface area contributed by atoms with Crippen LogP contribution in [0.5, 0.6) is 5.75 Å². The van der Waals surface area contributed by atoms with E-state index in [0.29, 0.717) is 30.2 Å². The second-order valence-corrected chi connectivity index (χ2v) is 6.62. The van der Waals surface area contributed by atoms with Gasteiger partial charge in [0.05, 0.1) is 24.1 Å². The van der Waals surface area contributed by atoms with Crippen LogP contribution in [0.1, 0.15) is 22.8 Å². The third-order valence-corrected chi connectivity index (χ3v) is 4.28. The van der Waals surface area contributed by atoms with Gasteiger partial charge < -0.3 is 15.4 Å². The van der Waals surface area contributed by atoms with Crippen LogP contribution in [-0.2, 0) is 6.42 Å². The maximum absolute atomic E-state index is 12.4. The molecule has 0 saturated carbocycles. The number of hydrogen-bond donors (Lipinski definition) is 2. The van der Waals surface area contributed by atoms with Crippen LogP contribution < -0.4 is 15.4 Å². The highest BCUT2D eigenvalue weighted by molar-refractivity contribution is 6.30. The number of anilines is 2. The minimum absolute atomic E-state index is 0.162. The molecule has 144 valence electrons. The largest absolute Gasteiger partial charge is 0.494 e. The summed E-state index contributed by atoms with van der Waals surface area (Å²) in [4.78, 5) is 16.6. The number of carbonyl (C=O) groups is 1. The molecule has 1 amide bonds. The summed E-state index contributed by atoms with van der Waals surface area (Å²) in [5.41, 5.74) is 3.22. The molecule has 3 rings (SSSR count). The van der Waals surface area contributed by atoms with Gasteiger partial charge in [0.15, 0.2) is 0 Å². The van der Waals surface area contributed by atoms with Gasteiger partial charge in [-0.05, 0) is 61.4 Å². The number of ether oxygens (including phenoxy) is 1. The molecule has 0 spiro atoms. The normalized spacial score (nSPS) is 10.4. The lowest BCUT2D eigenvalue weighted by Gasteiger charge is -2.10. The third kappa shape index (κ3) is 5.72. The van der Waals surface area contributed by atoms with Crippen LogP contribution in [0, 0.1) is 0 Å². The summed E-state index contributed by atoms with van der Waals surface area (Å²) in [6.45, 7) is 3.10. The molecule has 0 radical (unpaired) electrons. The monoisotopic (exact) mass is 395 g/mol. The Kier molecular flexibility index (Phi) is 6.87. The molecule has 0 aliphatic carbocycles. The first-order chi connectivity index (χ1) is 13.6. The van der Waals surface area contributed by atoms with Crippen LogP contribution in [0.4, 0.5) is 11.4 Å². The molecule has 1 aromatic heterocycles. The van der Waals surface area contributed by atoms with Crippen LogP contribution in [0.15, 0.2) is 67.0 Å². The highest BCUT2D eigenvalue weighted by Crippen LogP contribution is 2.20. The zero-order chi connectivity index (χ0) is 19.8. The lowest BCUT2D eigenvalue weighted by atomic mass is 10.1. The molecule has 1 heterocycles. The van der Waals surface area contributed by atoms with Crippen molar-refractivity contribution in [3.63, 3.8) is 0 Å². The summed E-state index contributed by atoms with van der Waals surface area (Å²) in [5, 5.41) is 6.85. The maximum Gasteiger partial charge on any atom is 0.252 e. The number of nitrogens with one attached hydrogen (secondary N) is 2.